The normalized spacial score (nSPS) is 18.9. The minimum Gasteiger partial charge on any atom is -0.494 e. The smallest absolute Gasteiger partial charge is 0.124 e. The summed E-state index contributed by atoms with van der Waals surface area (Å²) in [7, 11) is 0. The molecule has 1 aliphatic rings. The minimum atomic E-state index is 0.137. The number of ether oxygens (including phenoxy) is 1. The number of hydrogen-bond acceptors (Lipinski definition) is 2. The van der Waals surface area contributed by atoms with Crippen LogP contribution in [0.1, 0.15) is 50.6 Å². The maximum absolute atomic E-state index is 6.42. The molecule has 1 aromatic rings. The molecule has 0 amide bonds. The van der Waals surface area contributed by atoms with Crippen LogP contribution in [0.4, 0.5) is 0 Å². The van der Waals surface area contributed by atoms with Crippen molar-refractivity contribution in [3.63, 3.8) is 0 Å². The summed E-state index contributed by atoms with van der Waals surface area (Å²) in [5.74, 6) is 1.60. The molecule has 0 radical (unpaired) electrons. The first-order valence-corrected chi connectivity index (χ1v) is 6.80. The Morgan fingerprint density at radius 3 is 2.65 bits per heavy atom. The fourth-order valence-corrected chi connectivity index (χ4v) is 2.79. The second-order valence-corrected chi connectivity index (χ2v) is 4.89. The van der Waals surface area contributed by atoms with Crippen molar-refractivity contribution < 1.29 is 4.74 Å². The standard InChI is InChI=1S/C15H23NO/c1-2-17-14-11-7-6-10-13(14)15(16)12-8-4-3-5-9-12/h6-7,10-12,15H,2-5,8-9,16H2,1H3/t15-/m1/s1. The molecule has 2 nitrogen and oxygen atoms in total. The van der Waals surface area contributed by atoms with Gasteiger partial charge in [-0.1, -0.05) is 37.5 Å². The zero-order valence-electron chi connectivity index (χ0n) is 10.7. The van der Waals surface area contributed by atoms with Gasteiger partial charge in [0.25, 0.3) is 0 Å². The van der Waals surface area contributed by atoms with Crippen LogP contribution in [0.5, 0.6) is 5.75 Å². The van der Waals surface area contributed by atoms with Crippen molar-refractivity contribution in [2.45, 2.75) is 45.1 Å². The lowest BCUT2D eigenvalue weighted by molar-refractivity contribution is 0.292. The topological polar surface area (TPSA) is 35.2 Å². The number of para-hydroxylation sites is 1. The Hall–Kier alpha value is -1.02. The molecule has 2 N–H and O–H groups in total. The van der Waals surface area contributed by atoms with Crippen LogP contribution in [0.2, 0.25) is 0 Å². The van der Waals surface area contributed by atoms with Crippen molar-refractivity contribution in [2.24, 2.45) is 11.7 Å². The van der Waals surface area contributed by atoms with Crippen molar-refractivity contribution >= 4 is 0 Å². The predicted molar refractivity (Wildman–Crippen MR) is 71.1 cm³/mol. The summed E-state index contributed by atoms with van der Waals surface area (Å²) >= 11 is 0. The molecule has 1 aromatic carbocycles. The Labute approximate surface area is 104 Å². The van der Waals surface area contributed by atoms with E-state index in [2.05, 4.69) is 12.1 Å². The van der Waals surface area contributed by atoms with Crippen molar-refractivity contribution in [3.05, 3.63) is 29.8 Å². The van der Waals surface area contributed by atoms with Crippen LogP contribution in [-0.4, -0.2) is 6.61 Å². The molecule has 0 aliphatic heterocycles. The molecule has 1 atom stereocenters. The number of rotatable bonds is 4. The van der Waals surface area contributed by atoms with E-state index in [0.29, 0.717) is 12.5 Å². The van der Waals surface area contributed by atoms with E-state index < -0.39 is 0 Å². The molecule has 17 heavy (non-hydrogen) atoms. The van der Waals surface area contributed by atoms with Gasteiger partial charge in [0.2, 0.25) is 0 Å². The van der Waals surface area contributed by atoms with Crippen LogP contribution < -0.4 is 10.5 Å². The molecule has 94 valence electrons. The summed E-state index contributed by atoms with van der Waals surface area (Å²) in [6.45, 7) is 2.72. The average Bonchev–Trinajstić information content (AvgIpc) is 2.40. The molecule has 1 fully saturated rings. The maximum Gasteiger partial charge on any atom is 0.124 e. The van der Waals surface area contributed by atoms with E-state index in [1.807, 2.05) is 19.1 Å². The number of nitrogens with two attached hydrogens (primary N) is 1. The lowest BCUT2D eigenvalue weighted by Crippen LogP contribution is -2.24. The Balaban J connectivity index is 2.14. The van der Waals surface area contributed by atoms with Gasteiger partial charge < -0.3 is 10.5 Å². The maximum atomic E-state index is 6.42. The van der Waals surface area contributed by atoms with Gasteiger partial charge in [0.05, 0.1) is 6.61 Å². The van der Waals surface area contributed by atoms with Gasteiger partial charge >= 0.3 is 0 Å². The first-order valence-electron chi connectivity index (χ1n) is 6.80. The highest BCUT2D eigenvalue weighted by Gasteiger charge is 2.23. The molecule has 0 spiro atoms. The number of hydrogen-bond donors (Lipinski definition) is 1. The average molecular weight is 233 g/mol. The van der Waals surface area contributed by atoms with Crippen LogP contribution in [0.25, 0.3) is 0 Å². The third-order valence-electron chi connectivity index (χ3n) is 3.74. The van der Waals surface area contributed by atoms with Crippen molar-refractivity contribution in [1.82, 2.24) is 0 Å². The van der Waals surface area contributed by atoms with Crippen LogP contribution in [-0.2, 0) is 0 Å². The van der Waals surface area contributed by atoms with E-state index in [4.69, 9.17) is 10.5 Å². The van der Waals surface area contributed by atoms with Crippen molar-refractivity contribution in [3.8, 4) is 5.75 Å². The van der Waals surface area contributed by atoms with Gasteiger partial charge in [-0.05, 0) is 31.7 Å². The van der Waals surface area contributed by atoms with Crippen molar-refractivity contribution in [1.29, 1.82) is 0 Å². The summed E-state index contributed by atoms with van der Waals surface area (Å²) in [5, 5.41) is 0. The molecule has 2 heteroatoms. The van der Waals surface area contributed by atoms with Crippen LogP contribution in [0, 0.1) is 5.92 Å². The van der Waals surface area contributed by atoms with E-state index in [0.717, 1.165) is 5.75 Å². The Bertz CT molecular complexity index is 345. The predicted octanol–water partition coefficient (Wildman–Crippen LogP) is 3.67. The summed E-state index contributed by atoms with van der Waals surface area (Å²) in [6, 6.07) is 8.35. The molecule has 2 rings (SSSR count). The molecule has 0 saturated heterocycles. The molecule has 0 bridgehead atoms. The summed E-state index contributed by atoms with van der Waals surface area (Å²) < 4.78 is 5.67. The van der Waals surface area contributed by atoms with E-state index in [1.165, 1.54) is 37.7 Å². The monoisotopic (exact) mass is 233 g/mol. The first kappa shape index (κ1) is 12.4. The van der Waals surface area contributed by atoms with Gasteiger partial charge in [0.15, 0.2) is 0 Å². The summed E-state index contributed by atoms with van der Waals surface area (Å²) in [4.78, 5) is 0. The molecule has 0 heterocycles. The third-order valence-corrected chi connectivity index (χ3v) is 3.74. The van der Waals surface area contributed by atoms with E-state index >= 15 is 0 Å². The molecule has 0 aromatic heterocycles. The highest BCUT2D eigenvalue weighted by Crippen LogP contribution is 2.36. The SMILES string of the molecule is CCOc1ccccc1[C@H](N)C1CCCCC1. The van der Waals surface area contributed by atoms with Gasteiger partial charge in [-0.2, -0.15) is 0 Å². The van der Waals surface area contributed by atoms with E-state index in [9.17, 15) is 0 Å². The zero-order chi connectivity index (χ0) is 12.1. The van der Waals surface area contributed by atoms with Gasteiger partial charge in [0, 0.05) is 11.6 Å². The quantitative estimate of drug-likeness (QED) is 0.861. The summed E-state index contributed by atoms with van der Waals surface area (Å²) in [6.07, 6.45) is 6.56. The van der Waals surface area contributed by atoms with Crippen LogP contribution in [0.15, 0.2) is 24.3 Å². The molecular weight excluding hydrogens is 210 g/mol. The molecule has 1 aliphatic carbocycles. The van der Waals surface area contributed by atoms with Gasteiger partial charge in [-0.3, -0.25) is 0 Å². The van der Waals surface area contributed by atoms with Gasteiger partial charge in [0.1, 0.15) is 5.75 Å². The Kier molecular flexibility index (Phi) is 4.43. The highest BCUT2D eigenvalue weighted by atomic mass is 16.5. The Morgan fingerprint density at radius 2 is 1.94 bits per heavy atom. The molecule has 0 unspecified atom stereocenters. The minimum absolute atomic E-state index is 0.137. The lowest BCUT2D eigenvalue weighted by Gasteiger charge is -2.28. The van der Waals surface area contributed by atoms with E-state index in [-0.39, 0.29) is 6.04 Å². The third kappa shape index (κ3) is 3.01. The first-order chi connectivity index (χ1) is 8.33. The fraction of sp³-hybridized carbons (Fsp3) is 0.600. The lowest BCUT2D eigenvalue weighted by atomic mass is 9.81. The highest BCUT2D eigenvalue weighted by molar-refractivity contribution is 5.36. The van der Waals surface area contributed by atoms with Crippen LogP contribution in [0.3, 0.4) is 0 Å². The number of benzene rings is 1. The van der Waals surface area contributed by atoms with Crippen molar-refractivity contribution in [2.75, 3.05) is 6.61 Å². The fourth-order valence-electron chi connectivity index (χ4n) is 2.79. The molecular formula is C15H23NO. The zero-order valence-corrected chi connectivity index (χ0v) is 10.7. The molecule has 1 saturated carbocycles. The second-order valence-electron chi connectivity index (χ2n) is 4.89. The summed E-state index contributed by atoms with van der Waals surface area (Å²) in [5.41, 5.74) is 7.60. The Morgan fingerprint density at radius 1 is 1.24 bits per heavy atom. The van der Waals surface area contributed by atoms with Crippen LogP contribution >= 0.6 is 0 Å². The largest absolute Gasteiger partial charge is 0.494 e. The van der Waals surface area contributed by atoms with E-state index in [1.54, 1.807) is 0 Å². The van der Waals surface area contributed by atoms with Gasteiger partial charge in [-0.25, -0.2) is 0 Å². The van der Waals surface area contributed by atoms with Gasteiger partial charge in [-0.15, -0.1) is 0 Å². The second kappa shape index (κ2) is 6.06.